The number of nitrogens with zero attached hydrogens (tertiary/aromatic N) is 1. The quantitative estimate of drug-likeness (QED) is 0.609. The van der Waals surface area contributed by atoms with Crippen molar-refractivity contribution in [3.63, 3.8) is 0 Å². The van der Waals surface area contributed by atoms with E-state index in [4.69, 9.17) is 5.73 Å². The van der Waals surface area contributed by atoms with Crippen LogP contribution in [-0.4, -0.2) is 22.9 Å². The van der Waals surface area contributed by atoms with Gasteiger partial charge in [0.1, 0.15) is 0 Å². The number of rotatable bonds is 6. The zero-order valence-corrected chi connectivity index (χ0v) is 11.3. The number of carbonyl (C=O) groups excluding carboxylic acids is 1. The summed E-state index contributed by atoms with van der Waals surface area (Å²) >= 11 is 0.869. The van der Waals surface area contributed by atoms with Crippen LogP contribution in [0.3, 0.4) is 0 Å². The topological polar surface area (TPSA) is 98.3 Å². The average molecular weight is 271 g/mol. The molecule has 3 N–H and O–H groups in total. The summed E-state index contributed by atoms with van der Waals surface area (Å²) in [4.78, 5) is 22.4. The SMILES string of the molecule is CCC(CC)(CN)NC(=O)c1ccc([N+](=O)[O-])s1. The molecule has 0 saturated heterocycles. The average Bonchev–Trinajstić information content (AvgIpc) is 2.86. The zero-order chi connectivity index (χ0) is 13.8. The minimum Gasteiger partial charge on any atom is -0.345 e. The fraction of sp³-hybridized carbons (Fsp3) is 0.545. The van der Waals surface area contributed by atoms with Crippen LogP contribution in [0.4, 0.5) is 5.00 Å². The molecule has 0 radical (unpaired) electrons. The molecule has 0 fully saturated rings. The molecule has 0 aromatic carbocycles. The van der Waals surface area contributed by atoms with Gasteiger partial charge in [-0.05, 0) is 18.9 Å². The van der Waals surface area contributed by atoms with Crippen molar-refractivity contribution in [3.05, 3.63) is 27.1 Å². The first-order valence-corrected chi connectivity index (χ1v) is 6.56. The van der Waals surface area contributed by atoms with E-state index in [0.717, 1.165) is 24.2 Å². The summed E-state index contributed by atoms with van der Waals surface area (Å²) in [7, 11) is 0. The maximum atomic E-state index is 12.0. The maximum absolute atomic E-state index is 12.0. The van der Waals surface area contributed by atoms with Gasteiger partial charge < -0.3 is 11.1 Å². The molecule has 0 aliphatic carbocycles. The molecular weight excluding hydrogens is 254 g/mol. The van der Waals surface area contributed by atoms with E-state index < -0.39 is 10.5 Å². The van der Waals surface area contributed by atoms with E-state index in [2.05, 4.69) is 5.32 Å². The minimum atomic E-state index is -0.503. The molecule has 0 aliphatic heterocycles. The predicted molar refractivity (Wildman–Crippen MR) is 70.8 cm³/mol. The molecule has 1 aromatic heterocycles. The first kappa shape index (κ1) is 14.6. The third-order valence-electron chi connectivity index (χ3n) is 3.12. The number of nitrogens with two attached hydrogens (primary N) is 1. The Labute approximate surface area is 109 Å². The lowest BCUT2D eigenvalue weighted by Gasteiger charge is -2.31. The van der Waals surface area contributed by atoms with Crippen LogP contribution in [0, 0.1) is 10.1 Å². The van der Waals surface area contributed by atoms with Crippen molar-refractivity contribution in [1.82, 2.24) is 5.32 Å². The van der Waals surface area contributed by atoms with Crippen molar-refractivity contribution in [3.8, 4) is 0 Å². The first-order chi connectivity index (χ1) is 8.48. The highest BCUT2D eigenvalue weighted by Crippen LogP contribution is 2.24. The van der Waals surface area contributed by atoms with Gasteiger partial charge in [0.25, 0.3) is 5.91 Å². The Hall–Kier alpha value is -1.47. The Morgan fingerprint density at radius 2 is 2.11 bits per heavy atom. The zero-order valence-electron chi connectivity index (χ0n) is 10.4. The fourth-order valence-electron chi connectivity index (χ4n) is 1.62. The molecule has 100 valence electrons. The van der Waals surface area contributed by atoms with Gasteiger partial charge >= 0.3 is 5.00 Å². The van der Waals surface area contributed by atoms with Crippen LogP contribution < -0.4 is 11.1 Å². The molecule has 0 bridgehead atoms. The second-order valence-corrected chi connectivity index (χ2v) is 5.10. The van der Waals surface area contributed by atoms with Gasteiger partial charge in [-0.3, -0.25) is 14.9 Å². The molecule has 1 aromatic rings. The van der Waals surface area contributed by atoms with E-state index in [1.807, 2.05) is 13.8 Å². The summed E-state index contributed by atoms with van der Waals surface area (Å²) in [5.41, 5.74) is 5.25. The van der Waals surface area contributed by atoms with Crippen LogP contribution in [0.2, 0.25) is 0 Å². The molecule has 1 heterocycles. The molecule has 7 heteroatoms. The van der Waals surface area contributed by atoms with Crippen molar-refractivity contribution in [2.75, 3.05) is 6.54 Å². The number of nitro groups is 1. The number of hydrogen-bond acceptors (Lipinski definition) is 5. The van der Waals surface area contributed by atoms with E-state index in [1.165, 1.54) is 12.1 Å². The standard InChI is InChI=1S/C11H17N3O3S/c1-3-11(4-2,7-12)13-10(15)8-5-6-9(18-8)14(16)17/h5-6H,3-4,7,12H2,1-2H3,(H,13,15). The Morgan fingerprint density at radius 3 is 2.50 bits per heavy atom. The number of hydrogen-bond donors (Lipinski definition) is 2. The maximum Gasteiger partial charge on any atom is 0.324 e. The smallest absolute Gasteiger partial charge is 0.324 e. The predicted octanol–water partition coefficient (Wildman–Crippen LogP) is 1.90. The Balaban J connectivity index is 2.84. The van der Waals surface area contributed by atoms with Crippen molar-refractivity contribution in [2.24, 2.45) is 5.73 Å². The number of carbonyl (C=O) groups is 1. The van der Waals surface area contributed by atoms with E-state index in [1.54, 1.807) is 0 Å². The summed E-state index contributed by atoms with van der Waals surface area (Å²) < 4.78 is 0. The van der Waals surface area contributed by atoms with E-state index >= 15 is 0 Å². The molecule has 0 saturated carbocycles. The van der Waals surface area contributed by atoms with Crippen LogP contribution in [0.5, 0.6) is 0 Å². The molecular formula is C11H17N3O3S. The minimum absolute atomic E-state index is 0.0357. The molecule has 18 heavy (non-hydrogen) atoms. The second-order valence-electron chi connectivity index (χ2n) is 4.04. The molecule has 6 nitrogen and oxygen atoms in total. The largest absolute Gasteiger partial charge is 0.345 e. The van der Waals surface area contributed by atoms with E-state index in [0.29, 0.717) is 11.4 Å². The Morgan fingerprint density at radius 1 is 1.50 bits per heavy atom. The van der Waals surface area contributed by atoms with Gasteiger partial charge in [0.15, 0.2) is 0 Å². The van der Waals surface area contributed by atoms with Gasteiger partial charge in [0.05, 0.1) is 15.3 Å². The molecule has 1 amide bonds. The third-order valence-corrected chi connectivity index (χ3v) is 4.15. The lowest BCUT2D eigenvalue weighted by Crippen LogP contribution is -2.52. The van der Waals surface area contributed by atoms with Gasteiger partial charge in [-0.1, -0.05) is 25.2 Å². The lowest BCUT2D eigenvalue weighted by atomic mass is 9.93. The highest BCUT2D eigenvalue weighted by atomic mass is 32.1. The van der Waals surface area contributed by atoms with Gasteiger partial charge in [-0.2, -0.15) is 0 Å². The fourth-order valence-corrected chi connectivity index (χ4v) is 2.33. The highest BCUT2D eigenvalue weighted by molar-refractivity contribution is 7.17. The first-order valence-electron chi connectivity index (χ1n) is 5.74. The summed E-state index contributed by atoms with van der Waals surface area (Å²) in [5, 5.41) is 13.4. The molecule has 0 unspecified atom stereocenters. The summed E-state index contributed by atoms with van der Waals surface area (Å²) in [5.74, 6) is -0.303. The van der Waals surface area contributed by atoms with E-state index in [9.17, 15) is 14.9 Å². The van der Waals surface area contributed by atoms with Crippen LogP contribution >= 0.6 is 11.3 Å². The number of nitrogens with one attached hydrogen (secondary N) is 1. The summed E-state index contributed by atoms with van der Waals surface area (Å²) in [6, 6.07) is 2.80. The van der Waals surface area contributed by atoms with Crippen LogP contribution in [0.1, 0.15) is 36.4 Å². The Bertz CT molecular complexity index is 432. The molecule has 0 atom stereocenters. The summed E-state index contributed by atoms with van der Waals surface area (Å²) in [6.45, 7) is 4.25. The van der Waals surface area contributed by atoms with E-state index in [-0.39, 0.29) is 10.9 Å². The Kier molecular flexibility index (Phi) is 4.80. The second kappa shape index (κ2) is 5.92. The van der Waals surface area contributed by atoms with Gasteiger partial charge in [0, 0.05) is 12.6 Å². The van der Waals surface area contributed by atoms with Crippen molar-refractivity contribution in [2.45, 2.75) is 32.2 Å². The monoisotopic (exact) mass is 271 g/mol. The van der Waals surface area contributed by atoms with Crippen molar-refractivity contribution >= 4 is 22.2 Å². The van der Waals surface area contributed by atoms with Crippen LogP contribution in [-0.2, 0) is 0 Å². The molecule has 0 aliphatic rings. The lowest BCUT2D eigenvalue weighted by molar-refractivity contribution is -0.380. The van der Waals surface area contributed by atoms with Gasteiger partial charge in [-0.25, -0.2) is 0 Å². The van der Waals surface area contributed by atoms with Crippen molar-refractivity contribution < 1.29 is 9.72 Å². The van der Waals surface area contributed by atoms with Crippen molar-refractivity contribution in [1.29, 1.82) is 0 Å². The number of thiophene rings is 1. The normalized spacial score (nSPS) is 11.3. The highest BCUT2D eigenvalue weighted by Gasteiger charge is 2.27. The van der Waals surface area contributed by atoms with Crippen LogP contribution in [0.15, 0.2) is 12.1 Å². The molecule has 1 rings (SSSR count). The number of amides is 1. The van der Waals surface area contributed by atoms with Crippen LogP contribution in [0.25, 0.3) is 0 Å². The summed E-state index contributed by atoms with van der Waals surface area (Å²) in [6.07, 6.45) is 1.44. The van der Waals surface area contributed by atoms with Gasteiger partial charge in [0.2, 0.25) is 0 Å². The molecule has 0 spiro atoms. The third kappa shape index (κ3) is 3.05. The van der Waals surface area contributed by atoms with Gasteiger partial charge in [-0.15, -0.1) is 0 Å².